The molecule has 9 heteroatoms. The lowest BCUT2D eigenvalue weighted by molar-refractivity contribution is 0.107. The minimum atomic E-state index is -0.345. The van der Waals surface area contributed by atoms with Crippen molar-refractivity contribution in [2.24, 2.45) is 0 Å². The van der Waals surface area contributed by atoms with Crippen molar-refractivity contribution in [3.63, 3.8) is 0 Å². The lowest BCUT2D eigenvalue weighted by Gasteiger charge is -2.33. The molecule has 3 atom stereocenters. The van der Waals surface area contributed by atoms with Gasteiger partial charge in [0.05, 0.1) is 49.3 Å². The van der Waals surface area contributed by atoms with E-state index in [-0.39, 0.29) is 51.2 Å². The third-order valence-electron chi connectivity index (χ3n) is 10.8. The maximum atomic E-state index is 11.2. The van der Waals surface area contributed by atoms with Crippen LogP contribution >= 0.6 is 0 Å². The predicted octanol–water partition coefficient (Wildman–Crippen LogP) is 7.55. The summed E-state index contributed by atoms with van der Waals surface area (Å²) in [6.07, 6.45) is 0. The molecule has 0 fully saturated rings. The molecule has 1 aliphatic rings. The molecule has 0 saturated heterocycles. The smallest absolute Gasteiger partial charge is 0.130 e. The molecule has 0 aliphatic carbocycles. The normalized spacial score (nSPS) is 14.8. The fourth-order valence-electron chi connectivity index (χ4n) is 7.94. The Hall–Kier alpha value is -5.39. The maximum absolute atomic E-state index is 11.2. The van der Waals surface area contributed by atoms with Crippen LogP contribution in [0, 0.1) is 13.8 Å². The first-order valence-electron chi connectivity index (χ1n) is 20.1. The number of rotatable bonds is 13. The van der Waals surface area contributed by atoms with Crippen LogP contribution in [0.3, 0.4) is 0 Å². The first kappa shape index (κ1) is 40.8. The van der Waals surface area contributed by atoms with Crippen LogP contribution in [-0.4, -0.2) is 45.0 Å². The summed E-state index contributed by atoms with van der Waals surface area (Å²) in [5.74, 6) is 1.51. The summed E-state index contributed by atoms with van der Waals surface area (Å²) in [6, 6.07) is 43.8. The molecule has 0 saturated carbocycles. The summed E-state index contributed by atoms with van der Waals surface area (Å²) < 4.78 is 13.6. The van der Waals surface area contributed by atoms with Gasteiger partial charge in [-0.3, -0.25) is 9.88 Å². The van der Waals surface area contributed by atoms with Gasteiger partial charge in [-0.1, -0.05) is 132 Å². The van der Waals surface area contributed by atoms with Gasteiger partial charge in [0.25, 0.3) is 0 Å². The van der Waals surface area contributed by atoms with Crippen molar-refractivity contribution in [2.75, 3.05) is 19.8 Å². The van der Waals surface area contributed by atoms with Gasteiger partial charge in [-0.2, -0.15) is 0 Å². The number of aromatic nitrogens is 1. The number of aliphatic hydroxyl groups excluding tert-OH is 3. The Morgan fingerprint density at radius 3 is 1.40 bits per heavy atom. The molecule has 1 aliphatic heterocycles. The van der Waals surface area contributed by atoms with Crippen LogP contribution in [-0.2, 0) is 39.4 Å². The molecule has 5 N–H and O–H groups in total. The van der Waals surface area contributed by atoms with E-state index in [2.05, 4.69) is 65.8 Å². The number of hydrogen-bond donors (Lipinski definition) is 5. The van der Waals surface area contributed by atoms with Gasteiger partial charge in [-0.05, 0) is 42.7 Å². The zero-order chi connectivity index (χ0) is 40.3. The highest BCUT2D eigenvalue weighted by atomic mass is 16.5. The van der Waals surface area contributed by atoms with Crippen LogP contribution in [0.1, 0.15) is 79.6 Å². The summed E-state index contributed by atoms with van der Waals surface area (Å²) >= 11 is 0. The quantitative estimate of drug-likeness (QED) is 0.0810. The Balaban J connectivity index is 1.32. The standard InChI is InChI=1S/C49H54N4O5/c1-34-21-39(25-50-45(29-54)36-13-6-3-7-14-36)48-41(23-34)27-53(47(31-56)38-17-10-5-11-18-38)28-42-24-35(2)22-40(26-51-46(30-55)37-15-8-4-9-16-37)49(42)58-33-44-20-12-19-43(52-44)32-57-48/h3-24,45-47,50-51,54-56H,25-33H2,1-2H3/t45-,46-,47-/m1/s1. The van der Waals surface area contributed by atoms with E-state index in [0.29, 0.717) is 26.2 Å². The minimum absolute atomic E-state index is 0.0516. The van der Waals surface area contributed by atoms with Gasteiger partial charge in [-0.15, -0.1) is 0 Å². The average Bonchev–Trinajstić information content (AvgIpc) is 3.24. The Labute approximate surface area is 342 Å². The molecule has 7 rings (SSSR count). The number of nitrogens with one attached hydrogen (secondary N) is 2. The number of fused-ring (bicyclic) bond motifs is 4. The van der Waals surface area contributed by atoms with Crippen molar-refractivity contribution >= 4 is 0 Å². The zero-order valence-corrected chi connectivity index (χ0v) is 33.4. The number of pyridine rings is 1. The van der Waals surface area contributed by atoms with Crippen LogP contribution in [0.2, 0.25) is 0 Å². The van der Waals surface area contributed by atoms with Gasteiger partial charge in [0.2, 0.25) is 0 Å². The number of benzene rings is 5. The number of aliphatic hydroxyl groups is 3. The highest BCUT2D eigenvalue weighted by molar-refractivity contribution is 5.47. The lowest BCUT2D eigenvalue weighted by atomic mass is 9.98. The maximum Gasteiger partial charge on any atom is 0.130 e. The van der Waals surface area contributed by atoms with E-state index in [0.717, 1.165) is 73.0 Å². The summed E-state index contributed by atoms with van der Waals surface area (Å²) in [6.45, 7) is 6.31. The van der Waals surface area contributed by atoms with Crippen LogP contribution in [0.5, 0.6) is 11.5 Å². The Bertz CT molecular complexity index is 2090. The van der Waals surface area contributed by atoms with E-state index < -0.39 is 0 Å². The third-order valence-corrected chi connectivity index (χ3v) is 10.8. The fourth-order valence-corrected chi connectivity index (χ4v) is 7.94. The van der Waals surface area contributed by atoms with Crippen molar-refractivity contribution in [3.05, 3.63) is 195 Å². The summed E-state index contributed by atoms with van der Waals surface area (Å²) in [5, 5.41) is 39.2. The average molecular weight is 779 g/mol. The molecule has 0 amide bonds. The molecule has 9 nitrogen and oxygen atoms in total. The lowest BCUT2D eigenvalue weighted by Crippen LogP contribution is -2.31. The molecule has 6 aromatic rings. The van der Waals surface area contributed by atoms with Crippen molar-refractivity contribution in [1.82, 2.24) is 20.5 Å². The van der Waals surface area contributed by atoms with Crippen molar-refractivity contribution in [2.45, 2.75) is 71.4 Å². The topological polar surface area (TPSA) is 119 Å². The first-order chi connectivity index (χ1) is 28.4. The van der Waals surface area contributed by atoms with Crippen molar-refractivity contribution in [3.8, 4) is 11.5 Å². The molecule has 2 heterocycles. The van der Waals surface area contributed by atoms with Crippen LogP contribution in [0.15, 0.2) is 133 Å². The molecular formula is C49H54N4O5. The Kier molecular flexibility index (Phi) is 14.0. The second kappa shape index (κ2) is 19.8. The highest BCUT2D eigenvalue weighted by Gasteiger charge is 2.26. The van der Waals surface area contributed by atoms with E-state index >= 15 is 0 Å². The number of nitrogens with zero attached hydrogens (tertiary/aromatic N) is 2. The van der Waals surface area contributed by atoms with E-state index in [1.54, 1.807) is 0 Å². The van der Waals surface area contributed by atoms with Crippen LogP contribution in [0.25, 0.3) is 0 Å². The molecule has 0 spiro atoms. The highest BCUT2D eigenvalue weighted by Crippen LogP contribution is 2.36. The molecular weight excluding hydrogens is 725 g/mol. The van der Waals surface area contributed by atoms with E-state index in [4.69, 9.17) is 14.5 Å². The number of hydrogen-bond acceptors (Lipinski definition) is 9. The van der Waals surface area contributed by atoms with E-state index in [1.807, 2.05) is 97.1 Å². The first-order valence-corrected chi connectivity index (χ1v) is 20.1. The molecule has 2 bridgehead atoms. The van der Waals surface area contributed by atoms with E-state index in [9.17, 15) is 15.3 Å². The van der Waals surface area contributed by atoms with Gasteiger partial charge >= 0.3 is 0 Å². The number of aryl methyl sites for hydroxylation is 2. The molecule has 0 unspecified atom stereocenters. The summed E-state index contributed by atoms with van der Waals surface area (Å²) in [7, 11) is 0. The van der Waals surface area contributed by atoms with Gasteiger partial charge in [-0.25, -0.2) is 0 Å². The van der Waals surface area contributed by atoms with Crippen LogP contribution in [0.4, 0.5) is 0 Å². The van der Waals surface area contributed by atoms with Crippen molar-refractivity contribution in [1.29, 1.82) is 0 Å². The fraction of sp³-hybridized carbons (Fsp3) is 0.286. The summed E-state index contributed by atoms with van der Waals surface area (Å²) in [4.78, 5) is 7.26. The second-order valence-corrected chi connectivity index (χ2v) is 15.1. The third kappa shape index (κ3) is 10.2. The van der Waals surface area contributed by atoms with Gasteiger partial charge in [0, 0.05) is 48.4 Å². The van der Waals surface area contributed by atoms with Gasteiger partial charge in [0.15, 0.2) is 0 Å². The van der Waals surface area contributed by atoms with Crippen LogP contribution < -0.4 is 20.1 Å². The molecule has 0 radical (unpaired) electrons. The minimum Gasteiger partial charge on any atom is -0.487 e. The molecule has 300 valence electrons. The molecule has 1 aromatic heterocycles. The second-order valence-electron chi connectivity index (χ2n) is 15.1. The largest absolute Gasteiger partial charge is 0.487 e. The Morgan fingerprint density at radius 1 is 0.552 bits per heavy atom. The van der Waals surface area contributed by atoms with Crippen molar-refractivity contribution < 1.29 is 24.8 Å². The van der Waals surface area contributed by atoms with Gasteiger partial charge in [0.1, 0.15) is 24.7 Å². The predicted molar refractivity (Wildman–Crippen MR) is 227 cm³/mol. The number of ether oxygens (including phenoxy) is 2. The molecule has 5 aromatic carbocycles. The molecule has 58 heavy (non-hydrogen) atoms. The van der Waals surface area contributed by atoms with Gasteiger partial charge < -0.3 is 35.4 Å². The summed E-state index contributed by atoms with van der Waals surface area (Å²) in [5.41, 5.74) is 10.6. The monoisotopic (exact) mass is 778 g/mol. The zero-order valence-electron chi connectivity index (χ0n) is 33.4. The van der Waals surface area contributed by atoms with E-state index in [1.165, 1.54) is 0 Å². The Morgan fingerprint density at radius 2 is 0.983 bits per heavy atom. The SMILES string of the molecule is Cc1cc(CN[C@H](CO)c2ccccc2)c2c(c1)CN([C@H](CO)c1ccccc1)Cc1cc(C)cc(CN[C@H](CO)c3ccccc3)c1OCc1cccc(n1)CO2.